The molecule has 2 heteroatoms. The van der Waals surface area contributed by atoms with Gasteiger partial charge >= 0.3 is 0 Å². The molecule has 1 rings (SSSR count). The molecule has 1 aromatic rings. The van der Waals surface area contributed by atoms with Gasteiger partial charge in [-0.15, -0.1) is 0 Å². The summed E-state index contributed by atoms with van der Waals surface area (Å²) in [7, 11) is 0. The predicted molar refractivity (Wildman–Crippen MR) is 47.8 cm³/mol. The van der Waals surface area contributed by atoms with Gasteiger partial charge in [0.25, 0.3) is 0 Å². The Labute approximate surface area is 72.5 Å². The Bertz CT molecular complexity index is 228. The normalized spacial score (nSPS) is 12.9. The van der Waals surface area contributed by atoms with Crippen molar-refractivity contribution in [3.05, 3.63) is 35.4 Å². The number of aliphatic hydroxyl groups is 2. The fourth-order valence-electron chi connectivity index (χ4n) is 1.08. The van der Waals surface area contributed by atoms with E-state index in [2.05, 4.69) is 0 Å². The molecule has 0 heterocycles. The Morgan fingerprint density at radius 2 is 1.83 bits per heavy atom. The van der Waals surface area contributed by atoms with Gasteiger partial charge in [0.15, 0.2) is 0 Å². The molecule has 12 heavy (non-hydrogen) atoms. The lowest BCUT2D eigenvalue weighted by molar-refractivity contribution is 0.134. The van der Waals surface area contributed by atoms with Crippen molar-refractivity contribution in [1.82, 2.24) is 0 Å². The van der Waals surface area contributed by atoms with E-state index in [0.29, 0.717) is 6.42 Å². The summed E-state index contributed by atoms with van der Waals surface area (Å²) in [5, 5.41) is 18.0. The van der Waals surface area contributed by atoms with E-state index in [1.165, 1.54) is 5.56 Å². The molecule has 2 nitrogen and oxygen atoms in total. The molecule has 0 fully saturated rings. The van der Waals surface area contributed by atoms with Crippen molar-refractivity contribution in [1.29, 1.82) is 0 Å². The van der Waals surface area contributed by atoms with Crippen LogP contribution in [0.2, 0.25) is 0 Å². The molecule has 0 bridgehead atoms. The summed E-state index contributed by atoms with van der Waals surface area (Å²) in [5.74, 6) is 0. The molecule has 0 aliphatic carbocycles. The minimum atomic E-state index is -0.532. The van der Waals surface area contributed by atoms with Gasteiger partial charge < -0.3 is 10.2 Å². The maximum atomic E-state index is 9.45. The van der Waals surface area contributed by atoms with Crippen LogP contribution in [0.15, 0.2) is 24.3 Å². The van der Waals surface area contributed by atoms with E-state index in [-0.39, 0.29) is 6.61 Å². The zero-order valence-electron chi connectivity index (χ0n) is 7.20. The molecule has 0 radical (unpaired) electrons. The summed E-state index contributed by atoms with van der Waals surface area (Å²) in [6.07, 6.45) is -0.126. The van der Waals surface area contributed by atoms with Crippen molar-refractivity contribution in [2.45, 2.75) is 19.4 Å². The Balaban J connectivity index is 2.68. The topological polar surface area (TPSA) is 40.5 Å². The van der Waals surface area contributed by atoms with Gasteiger partial charge in [-0.05, 0) is 12.5 Å². The second-order valence-electron chi connectivity index (χ2n) is 2.94. The van der Waals surface area contributed by atoms with Gasteiger partial charge in [-0.2, -0.15) is 0 Å². The molecule has 2 N–H and O–H groups in total. The highest BCUT2D eigenvalue weighted by molar-refractivity contribution is 5.22. The van der Waals surface area contributed by atoms with Crippen LogP contribution in [0.25, 0.3) is 0 Å². The van der Waals surface area contributed by atoms with Gasteiger partial charge in [0, 0.05) is 13.0 Å². The zero-order valence-corrected chi connectivity index (χ0v) is 7.20. The third-order valence-electron chi connectivity index (χ3n) is 1.86. The van der Waals surface area contributed by atoms with Crippen LogP contribution < -0.4 is 0 Å². The van der Waals surface area contributed by atoms with E-state index in [9.17, 15) is 5.11 Å². The lowest BCUT2D eigenvalue weighted by Gasteiger charge is -2.08. The van der Waals surface area contributed by atoms with Crippen LogP contribution in [0.3, 0.4) is 0 Å². The molecule has 0 saturated heterocycles. The standard InChI is InChI=1S/C10H14O2/c1-8-2-4-9(5-3-8)10(12)6-7-11/h2-5,10-12H,6-7H2,1H3/t10-/m1/s1. The summed E-state index contributed by atoms with van der Waals surface area (Å²) in [4.78, 5) is 0. The maximum absolute atomic E-state index is 9.45. The first kappa shape index (κ1) is 9.23. The van der Waals surface area contributed by atoms with Gasteiger partial charge in [-0.1, -0.05) is 29.8 Å². The number of hydrogen-bond acceptors (Lipinski definition) is 2. The van der Waals surface area contributed by atoms with E-state index in [0.717, 1.165) is 5.56 Å². The average molecular weight is 166 g/mol. The van der Waals surface area contributed by atoms with Gasteiger partial charge in [0.1, 0.15) is 0 Å². The van der Waals surface area contributed by atoms with E-state index in [4.69, 9.17) is 5.11 Å². The molecule has 0 aromatic heterocycles. The van der Waals surface area contributed by atoms with Crippen molar-refractivity contribution >= 4 is 0 Å². The second kappa shape index (κ2) is 4.24. The Morgan fingerprint density at radius 1 is 1.25 bits per heavy atom. The van der Waals surface area contributed by atoms with Crippen LogP contribution in [0.4, 0.5) is 0 Å². The molecule has 1 aromatic carbocycles. The fourth-order valence-corrected chi connectivity index (χ4v) is 1.08. The first-order valence-corrected chi connectivity index (χ1v) is 4.09. The number of benzene rings is 1. The molecule has 0 aliphatic rings. The molecule has 0 amide bonds. The molecule has 1 atom stereocenters. The predicted octanol–water partition coefficient (Wildman–Crippen LogP) is 1.41. The van der Waals surface area contributed by atoms with Crippen LogP contribution >= 0.6 is 0 Å². The van der Waals surface area contributed by atoms with Crippen molar-refractivity contribution in [2.24, 2.45) is 0 Å². The van der Waals surface area contributed by atoms with Gasteiger partial charge in [-0.25, -0.2) is 0 Å². The summed E-state index contributed by atoms with van der Waals surface area (Å²) in [6.45, 7) is 2.03. The Kier molecular flexibility index (Phi) is 3.26. The minimum Gasteiger partial charge on any atom is -0.396 e. The van der Waals surface area contributed by atoms with E-state index >= 15 is 0 Å². The van der Waals surface area contributed by atoms with E-state index in [1.807, 2.05) is 31.2 Å². The lowest BCUT2D eigenvalue weighted by atomic mass is 10.1. The highest BCUT2D eigenvalue weighted by Crippen LogP contribution is 2.15. The van der Waals surface area contributed by atoms with Crippen LogP contribution in [-0.2, 0) is 0 Å². The van der Waals surface area contributed by atoms with E-state index < -0.39 is 6.10 Å². The summed E-state index contributed by atoms with van der Waals surface area (Å²) in [6, 6.07) is 7.68. The zero-order chi connectivity index (χ0) is 8.97. The third-order valence-corrected chi connectivity index (χ3v) is 1.86. The third kappa shape index (κ3) is 2.32. The Hall–Kier alpha value is -0.860. The summed E-state index contributed by atoms with van der Waals surface area (Å²) in [5.41, 5.74) is 2.05. The lowest BCUT2D eigenvalue weighted by Crippen LogP contribution is -1.99. The van der Waals surface area contributed by atoms with Gasteiger partial charge in [0.2, 0.25) is 0 Å². The molecular weight excluding hydrogens is 152 g/mol. The second-order valence-corrected chi connectivity index (χ2v) is 2.94. The van der Waals surface area contributed by atoms with Gasteiger partial charge in [0.05, 0.1) is 6.10 Å². The molecule has 0 saturated carbocycles. The van der Waals surface area contributed by atoms with Gasteiger partial charge in [-0.3, -0.25) is 0 Å². The molecule has 66 valence electrons. The average Bonchev–Trinajstić information content (AvgIpc) is 2.06. The molecule has 0 aliphatic heterocycles. The summed E-state index contributed by atoms with van der Waals surface area (Å²) < 4.78 is 0. The van der Waals surface area contributed by atoms with Crippen molar-refractivity contribution < 1.29 is 10.2 Å². The maximum Gasteiger partial charge on any atom is 0.0811 e. The largest absolute Gasteiger partial charge is 0.396 e. The number of hydrogen-bond donors (Lipinski definition) is 2. The fraction of sp³-hybridized carbons (Fsp3) is 0.400. The first-order valence-electron chi connectivity index (χ1n) is 4.09. The molecular formula is C10H14O2. The first-order chi connectivity index (χ1) is 5.74. The highest BCUT2D eigenvalue weighted by atomic mass is 16.3. The smallest absolute Gasteiger partial charge is 0.0811 e. The molecule has 0 unspecified atom stereocenters. The van der Waals surface area contributed by atoms with Crippen LogP contribution in [-0.4, -0.2) is 16.8 Å². The number of aliphatic hydroxyl groups excluding tert-OH is 2. The number of rotatable bonds is 3. The highest BCUT2D eigenvalue weighted by Gasteiger charge is 2.04. The molecule has 0 spiro atoms. The van der Waals surface area contributed by atoms with Crippen LogP contribution in [0, 0.1) is 6.92 Å². The quantitative estimate of drug-likeness (QED) is 0.712. The number of aryl methyl sites for hydroxylation is 1. The van der Waals surface area contributed by atoms with Crippen molar-refractivity contribution in [2.75, 3.05) is 6.61 Å². The Morgan fingerprint density at radius 3 is 2.33 bits per heavy atom. The SMILES string of the molecule is Cc1ccc([C@H](O)CCO)cc1. The van der Waals surface area contributed by atoms with Crippen LogP contribution in [0.5, 0.6) is 0 Å². The summed E-state index contributed by atoms with van der Waals surface area (Å²) >= 11 is 0. The monoisotopic (exact) mass is 166 g/mol. The van der Waals surface area contributed by atoms with E-state index in [1.54, 1.807) is 0 Å². The van der Waals surface area contributed by atoms with Crippen molar-refractivity contribution in [3.63, 3.8) is 0 Å². The van der Waals surface area contributed by atoms with Crippen LogP contribution in [0.1, 0.15) is 23.7 Å². The minimum absolute atomic E-state index is 0.0229. The van der Waals surface area contributed by atoms with Crippen molar-refractivity contribution in [3.8, 4) is 0 Å².